The molecular formula is C15H18BrNO3. The molecule has 0 bridgehead atoms. The molecule has 2 heterocycles. The van der Waals surface area contributed by atoms with Crippen molar-refractivity contribution in [1.29, 1.82) is 0 Å². The summed E-state index contributed by atoms with van der Waals surface area (Å²) in [6.45, 7) is 4.68. The highest BCUT2D eigenvalue weighted by molar-refractivity contribution is 9.10. The lowest BCUT2D eigenvalue weighted by Crippen LogP contribution is -2.47. The number of rotatable bonds is 1. The third kappa shape index (κ3) is 2.62. The summed E-state index contributed by atoms with van der Waals surface area (Å²) >= 11 is 3.46. The zero-order valence-electron chi connectivity index (χ0n) is 11.5. The second kappa shape index (κ2) is 5.47. The number of carbonyl (C=O) groups is 1. The topological polar surface area (TPSA) is 38.8 Å². The molecule has 2 aliphatic heterocycles. The number of hydrogen-bond donors (Lipinski definition) is 0. The average molecular weight is 340 g/mol. The first-order valence-corrected chi connectivity index (χ1v) is 7.72. The number of nitrogens with zero attached hydrogens (tertiary/aromatic N) is 1. The summed E-state index contributed by atoms with van der Waals surface area (Å²) in [4.78, 5) is 14.5. The Labute approximate surface area is 127 Å². The molecule has 1 spiro atoms. The molecule has 2 aliphatic rings. The Morgan fingerprint density at radius 3 is 2.55 bits per heavy atom. The number of carbonyl (C=O) groups excluding carboxylic acids is 1. The lowest BCUT2D eigenvalue weighted by molar-refractivity contribution is -0.181. The Morgan fingerprint density at radius 1 is 1.25 bits per heavy atom. The van der Waals surface area contributed by atoms with Crippen LogP contribution >= 0.6 is 15.9 Å². The Morgan fingerprint density at radius 2 is 1.90 bits per heavy atom. The minimum absolute atomic E-state index is 0.0772. The van der Waals surface area contributed by atoms with Gasteiger partial charge in [0.15, 0.2) is 5.79 Å². The molecule has 5 heteroatoms. The van der Waals surface area contributed by atoms with Crippen LogP contribution in [0.2, 0.25) is 0 Å². The number of hydrogen-bond acceptors (Lipinski definition) is 3. The molecule has 0 N–H and O–H groups in total. The number of amides is 1. The first-order valence-electron chi connectivity index (χ1n) is 6.93. The standard InChI is InChI=1S/C15H18BrNO3/c1-11-2-3-13(16)12(10-11)14(18)17-6-4-15(5-7-17)19-8-9-20-15/h2-3,10H,4-9H2,1H3. The predicted octanol–water partition coefficient (Wildman–Crippen LogP) is 2.74. The van der Waals surface area contributed by atoms with E-state index in [4.69, 9.17) is 9.47 Å². The van der Waals surface area contributed by atoms with E-state index >= 15 is 0 Å². The highest BCUT2D eigenvalue weighted by Crippen LogP contribution is 2.32. The van der Waals surface area contributed by atoms with Crippen molar-refractivity contribution in [3.63, 3.8) is 0 Å². The van der Waals surface area contributed by atoms with E-state index in [1.807, 2.05) is 30.0 Å². The van der Waals surface area contributed by atoms with Gasteiger partial charge in [0.05, 0.1) is 18.8 Å². The SMILES string of the molecule is Cc1ccc(Br)c(C(=O)N2CCC3(CC2)OCCO3)c1. The summed E-state index contributed by atoms with van der Waals surface area (Å²) in [5.41, 5.74) is 1.82. The number of aryl methyl sites for hydroxylation is 1. The molecule has 0 atom stereocenters. The minimum Gasteiger partial charge on any atom is -0.347 e. The number of halogens is 1. The van der Waals surface area contributed by atoms with E-state index in [-0.39, 0.29) is 5.91 Å². The largest absolute Gasteiger partial charge is 0.347 e. The van der Waals surface area contributed by atoms with Crippen molar-refractivity contribution in [2.45, 2.75) is 25.6 Å². The van der Waals surface area contributed by atoms with Crippen molar-refractivity contribution in [3.05, 3.63) is 33.8 Å². The van der Waals surface area contributed by atoms with Crippen LogP contribution in [0, 0.1) is 6.92 Å². The molecule has 4 nitrogen and oxygen atoms in total. The highest BCUT2D eigenvalue weighted by Gasteiger charge is 2.40. The van der Waals surface area contributed by atoms with E-state index in [0.717, 1.165) is 28.4 Å². The molecule has 3 rings (SSSR count). The number of benzene rings is 1. The maximum atomic E-state index is 12.6. The normalized spacial score (nSPS) is 21.4. The van der Waals surface area contributed by atoms with Crippen LogP contribution in [0.4, 0.5) is 0 Å². The van der Waals surface area contributed by atoms with Gasteiger partial charge in [-0.25, -0.2) is 0 Å². The van der Waals surface area contributed by atoms with E-state index in [2.05, 4.69) is 15.9 Å². The Bertz CT molecular complexity index is 516. The quantitative estimate of drug-likeness (QED) is 0.789. The first-order chi connectivity index (χ1) is 9.60. The molecular weight excluding hydrogens is 322 g/mol. The van der Waals surface area contributed by atoms with Gasteiger partial charge in [0.2, 0.25) is 0 Å². The molecule has 0 saturated carbocycles. The highest BCUT2D eigenvalue weighted by atomic mass is 79.9. The van der Waals surface area contributed by atoms with Gasteiger partial charge in [-0.3, -0.25) is 4.79 Å². The number of piperidine rings is 1. The fourth-order valence-electron chi connectivity index (χ4n) is 2.81. The monoisotopic (exact) mass is 339 g/mol. The van der Waals surface area contributed by atoms with Crippen molar-refractivity contribution in [2.75, 3.05) is 26.3 Å². The molecule has 1 amide bonds. The van der Waals surface area contributed by atoms with Crippen LogP contribution in [0.15, 0.2) is 22.7 Å². The van der Waals surface area contributed by atoms with Crippen molar-refractivity contribution in [1.82, 2.24) is 4.90 Å². The molecule has 2 fully saturated rings. The van der Waals surface area contributed by atoms with E-state index in [1.54, 1.807) is 0 Å². The first kappa shape index (κ1) is 14.0. The second-order valence-electron chi connectivity index (χ2n) is 5.38. The van der Waals surface area contributed by atoms with Crippen molar-refractivity contribution < 1.29 is 14.3 Å². The van der Waals surface area contributed by atoms with E-state index in [0.29, 0.717) is 26.3 Å². The molecule has 0 aromatic heterocycles. The molecule has 0 radical (unpaired) electrons. The summed E-state index contributed by atoms with van der Waals surface area (Å²) in [7, 11) is 0. The summed E-state index contributed by atoms with van der Waals surface area (Å²) in [6.07, 6.45) is 1.50. The van der Waals surface area contributed by atoms with Gasteiger partial charge in [-0.2, -0.15) is 0 Å². The lowest BCUT2D eigenvalue weighted by atomic mass is 10.0. The maximum Gasteiger partial charge on any atom is 0.255 e. The van der Waals surface area contributed by atoms with Gasteiger partial charge in [0, 0.05) is 30.4 Å². The maximum absolute atomic E-state index is 12.6. The van der Waals surface area contributed by atoms with Gasteiger partial charge in [-0.05, 0) is 35.0 Å². The number of likely N-dealkylation sites (tertiary alicyclic amines) is 1. The molecule has 108 valence electrons. The van der Waals surface area contributed by atoms with Crippen LogP contribution in [0.5, 0.6) is 0 Å². The summed E-state index contributed by atoms with van der Waals surface area (Å²) in [5, 5.41) is 0. The Kier molecular flexibility index (Phi) is 3.84. The average Bonchev–Trinajstić information content (AvgIpc) is 2.90. The van der Waals surface area contributed by atoms with Crippen LogP contribution in [-0.4, -0.2) is 42.9 Å². The van der Waals surface area contributed by atoms with Gasteiger partial charge in [0.1, 0.15) is 0 Å². The van der Waals surface area contributed by atoms with Crippen LogP contribution in [-0.2, 0) is 9.47 Å². The van der Waals surface area contributed by atoms with E-state index in [1.165, 1.54) is 0 Å². The minimum atomic E-state index is -0.430. The van der Waals surface area contributed by atoms with Crippen LogP contribution in [0.3, 0.4) is 0 Å². The fraction of sp³-hybridized carbons (Fsp3) is 0.533. The van der Waals surface area contributed by atoms with E-state index < -0.39 is 5.79 Å². The van der Waals surface area contributed by atoms with Gasteiger partial charge in [0.25, 0.3) is 5.91 Å². The second-order valence-corrected chi connectivity index (χ2v) is 6.24. The summed E-state index contributed by atoms with van der Waals surface area (Å²) < 4.78 is 12.2. The summed E-state index contributed by atoms with van der Waals surface area (Å²) in [6, 6.07) is 5.85. The van der Waals surface area contributed by atoms with Gasteiger partial charge < -0.3 is 14.4 Å². The van der Waals surface area contributed by atoms with Crippen molar-refractivity contribution in [2.24, 2.45) is 0 Å². The molecule has 20 heavy (non-hydrogen) atoms. The third-order valence-electron chi connectivity index (χ3n) is 3.98. The molecule has 0 unspecified atom stereocenters. The fourth-order valence-corrected chi connectivity index (χ4v) is 3.23. The third-order valence-corrected chi connectivity index (χ3v) is 4.67. The van der Waals surface area contributed by atoms with Gasteiger partial charge in [-0.1, -0.05) is 11.6 Å². The van der Waals surface area contributed by atoms with Crippen molar-refractivity contribution in [3.8, 4) is 0 Å². The predicted molar refractivity (Wildman–Crippen MR) is 78.7 cm³/mol. The zero-order valence-corrected chi connectivity index (χ0v) is 13.1. The molecule has 0 aliphatic carbocycles. The zero-order chi connectivity index (χ0) is 14.2. The van der Waals surface area contributed by atoms with Gasteiger partial charge >= 0.3 is 0 Å². The van der Waals surface area contributed by atoms with Crippen LogP contribution < -0.4 is 0 Å². The molecule has 1 aromatic rings. The Hall–Kier alpha value is -0.910. The van der Waals surface area contributed by atoms with Crippen LogP contribution in [0.25, 0.3) is 0 Å². The lowest BCUT2D eigenvalue weighted by Gasteiger charge is -2.37. The molecule has 1 aromatic carbocycles. The smallest absolute Gasteiger partial charge is 0.255 e. The van der Waals surface area contributed by atoms with Crippen LogP contribution in [0.1, 0.15) is 28.8 Å². The Balaban J connectivity index is 1.71. The van der Waals surface area contributed by atoms with E-state index in [9.17, 15) is 4.79 Å². The number of ether oxygens (including phenoxy) is 2. The molecule has 2 saturated heterocycles. The van der Waals surface area contributed by atoms with Crippen molar-refractivity contribution >= 4 is 21.8 Å². The van der Waals surface area contributed by atoms with Gasteiger partial charge in [-0.15, -0.1) is 0 Å². The summed E-state index contributed by atoms with van der Waals surface area (Å²) in [5.74, 6) is -0.353.